The van der Waals surface area contributed by atoms with Crippen molar-refractivity contribution in [3.05, 3.63) is 0 Å². The second kappa shape index (κ2) is 25.2. The Morgan fingerprint density at radius 1 is 0.730 bits per heavy atom. The molecule has 0 aromatic carbocycles. The zero-order chi connectivity index (χ0) is 47.9. The molecule has 7 amide bonds. The van der Waals surface area contributed by atoms with Gasteiger partial charge >= 0.3 is 11.9 Å². The maximum Gasteiger partial charge on any atom is 0.326 e. The molecule has 63 heavy (non-hydrogen) atoms. The molecule has 27 nitrogen and oxygen atoms in total. The number of rotatable bonds is 24. The fourth-order valence-electron chi connectivity index (χ4n) is 6.47. The third-order valence-corrected chi connectivity index (χ3v) is 9.84. The zero-order valence-electron chi connectivity index (χ0n) is 35.3. The first-order valence-electron chi connectivity index (χ1n) is 19.8. The number of hydrogen-bond acceptors (Lipinski definition) is 19. The highest BCUT2D eigenvalue weighted by atomic mass is 16.7. The van der Waals surface area contributed by atoms with Gasteiger partial charge in [0.15, 0.2) is 12.6 Å². The van der Waals surface area contributed by atoms with Gasteiger partial charge in [-0.3, -0.25) is 38.4 Å². The van der Waals surface area contributed by atoms with Crippen LogP contribution >= 0.6 is 0 Å². The predicted molar refractivity (Wildman–Crippen MR) is 208 cm³/mol. The molecular weight excluding hydrogens is 848 g/mol. The molecule has 0 saturated carbocycles. The lowest BCUT2D eigenvalue weighted by molar-refractivity contribution is -0.333. The number of aliphatic carboxylic acids is 1. The number of carbonyl (C=O) groups is 9. The lowest BCUT2D eigenvalue weighted by Gasteiger charge is -2.48. The highest BCUT2D eigenvalue weighted by molar-refractivity contribution is 5.92. The number of primary amides is 2. The van der Waals surface area contributed by atoms with Crippen molar-refractivity contribution in [3.8, 4) is 0 Å². The van der Waals surface area contributed by atoms with Crippen LogP contribution in [0.1, 0.15) is 66.7 Å². The first-order chi connectivity index (χ1) is 29.4. The van der Waals surface area contributed by atoms with Crippen molar-refractivity contribution in [2.24, 2.45) is 17.2 Å². The summed E-state index contributed by atoms with van der Waals surface area (Å²) in [4.78, 5) is 111. The van der Waals surface area contributed by atoms with E-state index in [2.05, 4.69) is 26.6 Å². The Balaban J connectivity index is 2.27. The normalized spacial score (nSPS) is 28.1. The molecule has 2 rings (SSSR count). The first-order valence-corrected chi connectivity index (χ1v) is 19.8. The van der Waals surface area contributed by atoms with Crippen LogP contribution in [0.25, 0.3) is 0 Å². The minimum atomic E-state index is -1.91. The minimum Gasteiger partial charge on any atom is -0.480 e. The van der Waals surface area contributed by atoms with Crippen LogP contribution in [0.15, 0.2) is 0 Å². The Morgan fingerprint density at radius 2 is 1.35 bits per heavy atom. The van der Waals surface area contributed by atoms with Crippen LogP contribution in [0, 0.1) is 0 Å². The second-order valence-corrected chi connectivity index (χ2v) is 15.0. The largest absolute Gasteiger partial charge is 0.480 e. The van der Waals surface area contributed by atoms with Crippen molar-refractivity contribution in [1.29, 1.82) is 0 Å². The summed E-state index contributed by atoms with van der Waals surface area (Å²) < 4.78 is 28.6. The van der Waals surface area contributed by atoms with E-state index in [1.807, 2.05) is 0 Å². The number of carboxylic acid groups (broad SMARTS) is 1. The van der Waals surface area contributed by atoms with Gasteiger partial charge in [0.05, 0.1) is 12.6 Å². The number of aliphatic hydroxyl groups excluding tert-OH is 4. The van der Waals surface area contributed by atoms with Gasteiger partial charge in [0.2, 0.25) is 41.4 Å². The smallest absolute Gasteiger partial charge is 0.326 e. The number of nitrogens with one attached hydrogen (secondary N) is 5. The monoisotopic (exact) mass is 908 g/mol. The number of hydrogen-bond donors (Lipinski definition) is 13. The van der Waals surface area contributed by atoms with Gasteiger partial charge in [0.1, 0.15) is 79.5 Å². The predicted octanol–water partition coefficient (Wildman–Crippen LogP) is -7.32. The SMILES string of the molecule is CC(=O)N[C@@H]1[C@@H](O[C@@H](C)C(=O)N[C@@H](C)C(=O)N[C@H](CCC(=O)N[C@@H](CCC[C@@H](N)C(N)=O)C(=O)O)C(N)=O)[C@H](O[C@@H]2O[C@H](CO)[C@@H](O)[C@H](O)[C@H]2NC(C)=O)[C@@H](COC(C)=O)O[C@H]1O. The quantitative estimate of drug-likeness (QED) is 0.0400. The summed E-state index contributed by atoms with van der Waals surface area (Å²) in [5.74, 6) is -8.26. The maximum atomic E-state index is 13.5. The number of carboxylic acids is 1. The highest BCUT2D eigenvalue weighted by Gasteiger charge is 2.53. The fraction of sp³-hybridized carbons (Fsp3) is 0.750. The maximum absolute atomic E-state index is 13.5. The topological polar surface area (TPSA) is 439 Å². The third kappa shape index (κ3) is 16.8. The van der Waals surface area contributed by atoms with E-state index in [1.54, 1.807) is 0 Å². The van der Waals surface area contributed by atoms with Gasteiger partial charge < -0.3 is 93.0 Å². The molecule has 0 spiro atoms. The molecule has 2 saturated heterocycles. The lowest BCUT2D eigenvalue weighted by Crippen LogP contribution is -2.70. The standard InChI is InChI=1S/C36H60N8O19/c1-13(32(54)44-19(31(39)53)9-10-23(49)43-20(34(56)57)8-6-7-18(37)30(38)52)40-33(55)14(2)60-29-25(42-16(4)47)35(58)61-22(12-59-17(5)48)28(29)63-36-24(41-15(3)46)27(51)26(50)21(11-45)62-36/h13-14,18-22,24-29,35-36,45,50-51,58H,6-12,37H2,1-5H3,(H2,38,52)(H2,39,53)(H,40,55)(H,41,46)(H,42,47)(H,43,49)(H,44,54)(H,56,57)/t13-,14-,18+,19+,20-,21+,22+,24+,25+,26+,27+,28+,29+,35+,36-/m0/s1. The summed E-state index contributed by atoms with van der Waals surface area (Å²) >= 11 is 0. The molecule has 0 aromatic heterocycles. The molecular formula is C36H60N8O19. The number of nitrogens with two attached hydrogens (primary N) is 3. The van der Waals surface area contributed by atoms with Crippen LogP contribution in [-0.2, 0) is 66.8 Å². The summed E-state index contributed by atoms with van der Waals surface area (Å²) in [6.07, 6.45) is -15.7. The summed E-state index contributed by atoms with van der Waals surface area (Å²) in [6, 6.07) is -8.36. The van der Waals surface area contributed by atoms with E-state index in [0.29, 0.717) is 0 Å². The van der Waals surface area contributed by atoms with Crippen LogP contribution in [0.3, 0.4) is 0 Å². The first kappa shape index (κ1) is 54.0. The van der Waals surface area contributed by atoms with Crippen molar-refractivity contribution < 1.29 is 92.4 Å². The summed E-state index contributed by atoms with van der Waals surface area (Å²) in [7, 11) is 0. The molecule has 358 valence electrons. The van der Waals surface area contributed by atoms with Crippen LogP contribution in [0.4, 0.5) is 0 Å². The number of esters is 1. The summed E-state index contributed by atoms with van der Waals surface area (Å²) in [5, 5.41) is 63.4. The number of amides is 7. The highest BCUT2D eigenvalue weighted by Crippen LogP contribution is 2.31. The Labute approximate surface area is 360 Å². The van der Waals surface area contributed by atoms with Crippen molar-refractivity contribution in [1.82, 2.24) is 26.6 Å². The van der Waals surface area contributed by atoms with Gasteiger partial charge in [-0.05, 0) is 39.5 Å². The van der Waals surface area contributed by atoms with Gasteiger partial charge in [0, 0.05) is 27.2 Å². The molecule has 0 aliphatic carbocycles. The van der Waals surface area contributed by atoms with Gasteiger partial charge in [-0.25, -0.2) is 4.79 Å². The molecule has 27 heteroatoms. The van der Waals surface area contributed by atoms with E-state index in [-0.39, 0.29) is 25.7 Å². The molecule has 0 radical (unpaired) electrons. The van der Waals surface area contributed by atoms with Crippen LogP contribution < -0.4 is 43.8 Å². The van der Waals surface area contributed by atoms with Crippen molar-refractivity contribution in [3.63, 3.8) is 0 Å². The van der Waals surface area contributed by atoms with Crippen molar-refractivity contribution in [2.45, 2.75) is 158 Å². The number of carbonyl (C=O) groups excluding carboxylic acids is 8. The Morgan fingerprint density at radius 3 is 1.89 bits per heavy atom. The molecule has 2 fully saturated rings. The van der Waals surface area contributed by atoms with Crippen LogP contribution in [0.5, 0.6) is 0 Å². The second-order valence-electron chi connectivity index (χ2n) is 15.0. The zero-order valence-corrected chi connectivity index (χ0v) is 35.3. The molecule has 0 aromatic rings. The van der Waals surface area contributed by atoms with Gasteiger partial charge in [-0.1, -0.05) is 0 Å². The van der Waals surface area contributed by atoms with Gasteiger partial charge in [-0.2, -0.15) is 0 Å². The van der Waals surface area contributed by atoms with E-state index >= 15 is 0 Å². The van der Waals surface area contributed by atoms with Gasteiger partial charge in [-0.15, -0.1) is 0 Å². The Kier molecular flexibility index (Phi) is 21.6. The lowest BCUT2D eigenvalue weighted by atomic mass is 9.94. The fourth-order valence-corrected chi connectivity index (χ4v) is 6.47. The molecule has 15 atom stereocenters. The third-order valence-electron chi connectivity index (χ3n) is 9.84. The molecule has 2 heterocycles. The molecule has 0 unspecified atom stereocenters. The number of ether oxygens (including phenoxy) is 5. The van der Waals surface area contributed by atoms with E-state index < -0.39 is 164 Å². The summed E-state index contributed by atoms with van der Waals surface area (Å²) in [5.41, 5.74) is 16.1. The molecule has 2 aliphatic heterocycles. The summed E-state index contributed by atoms with van der Waals surface area (Å²) in [6.45, 7) is 4.17. The van der Waals surface area contributed by atoms with E-state index in [4.69, 9.17) is 40.9 Å². The molecule has 16 N–H and O–H groups in total. The van der Waals surface area contributed by atoms with Crippen molar-refractivity contribution >= 4 is 53.3 Å². The Bertz CT molecular complexity index is 1640. The Hall–Kier alpha value is -5.13. The van der Waals surface area contributed by atoms with E-state index in [1.165, 1.54) is 13.8 Å². The van der Waals surface area contributed by atoms with Crippen LogP contribution in [-0.4, -0.2) is 184 Å². The number of aliphatic hydroxyl groups is 4. The minimum absolute atomic E-state index is 0.0652. The molecule has 0 bridgehead atoms. The average Bonchev–Trinajstić information content (AvgIpc) is 3.19. The van der Waals surface area contributed by atoms with Crippen LogP contribution in [0.2, 0.25) is 0 Å². The van der Waals surface area contributed by atoms with Crippen molar-refractivity contribution in [2.75, 3.05) is 13.2 Å². The van der Waals surface area contributed by atoms with Gasteiger partial charge in [0.25, 0.3) is 0 Å². The van der Waals surface area contributed by atoms with E-state index in [9.17, 15) is 68.7 Å². The molecule has 2 aliphatic rings. The van der Waals surface area contributed by atoms with E-state index in [0.717, 1.165) is 20.8 Å². The average molecular weight is 909 g/mol.